The lowest BCUT2D eigenvalue weighted by molar-refractivity contribution is -0.107. The minimum Gasteiger partial charge on any atom is -0.303 e. The van der Waals surface area contributed by atoms with E-state index in [2.05, 4.69) is 11.8 Å². The lowest BCUT2D eigenvalue weighted by Crippen LogP contribution is -1.72. The summed E-state index contributed by atoms with van der Waals surface area (Å²) in [6.45, 7) is 1.97. The van der Waals surface area contributed by atoms with Crippen molar-refractivity contribution >= 4 is 6.29 Å². The lowest BCUT2D eigenvalue weighted by atomic mass is 10.2. The lowest BCUT2D eigenvalue weighted by Gasteiger charge is -1.84. The first kappa shape index (κ1) is 14.2. The average molecular weight is 214 g/mol. The van der Waals surface area contributed by atoms with Crippen molar-refractivity contribution < 1.29 is 4.79 Å². The molecule has 0 rings (SSSR count). The van der Waals surface area contributed by atoms with Gasteiger partial charge >= 0.3 is 0 Å². The van der Waals surface area contributed by atoms with Crippen molar-refractivity contribution in [1.82, 2.24) is 0 Å². The molecule has 0 atom stereocenters. The van der Waals surface area contributed by atoms with Crippen molar-refractivity contribution in [3.05, 3.63) is 48.6 Å². The fraction of sp³-hybridized carbons (Fsp3) is 0.267. The number of aldehydes is 1. The third-order valence-electron chi connectivity index (χ3n) is 1.69. The zero-order valence-electron chi connectivity index (χ0n) is 9.73. The Morgan fingerprint density at radius 3 is 2.25 bits per heavy atom. The van der Waals surface area contributed by atoms with Crippen molar-refractivity contribution in [3.8, 4) is 11.8 Å². The van der Waals surface area contributed by atoms with Crippen LogP contribution in [0.25, 0.3) is 0 Å². The third kappa shape index (κ3) is 12.2. The highest BCUT2D eigenvalue weighted by Gasteiger charge is 1.79. The molecule has 0 bridgehead atoms. The predicted molar refractivity (Wildman–Crippen MR) is 69.9 cm³/mol. The van der Waals surface area contributed by atoms with Gasteiger partial charge in [-0.1, -0.05) is 48.3 Å². The summed E-state index contributed by atoms with van der Waals surface area (Å²) in [7, 11) is 0. The van der Waals surface area contributed by atoms with Crippen molar-refractivity contribution in [2.45, 2.75) is 26.2 Å². The molecule has 0 aliphatic carbocycles. The normalized spacial score (nSPS) is 11.6. The highest BCUT2D eigenvalue weighted by Crippen LogP contribution is 1.93. The molecule has 0 saturated carbocycles. The molecular weight excluding hydrogens is 196 g/mol. The van der Waals surface area contributed by atoms with E-state index < -0.39 is 0 Å². The topological polar surface area (TPSA) is 17.1 Å². The molecule has 0 fully saturated rings. The van der Waals surface area contributed by atoms with E-state index in [1.807, 2.05) is 43.4 Å². The van der Waals surface area contributed by atoms with Crippen LogP contribution in [0.2, 0.25) is 0 Å². The summed E-state index contributed by atoms with van der Waals surface area (Å²) >= 11 is 0. The van der Waals surface area contributed by atoms with Crippen LogP contribution in [-0.2, 0) is 4.79 Å². The van der Waals surface area contributed by atoms with Crippen LogP contribution in [0.3, 0.4) is 0 Å². The summed E-state index contributed by atoms with van der Waals surface area (Å²) in [5.74, 6) is 5.77. The van der Waals surface area contributed by atoms with E-state index in [9.17, 15) is 4.79 Å². The van der Waals surface area contributed by atoms with E-state index in [0.717, 1.165) is 19.1 Å². The van der Waals surface area contributed by atoms with Gasteiger partial charge in [-0.15, -0.1) is 0 Å². The van der Waals surface area contributed by atoms with Crippen LogP contribution in [0.5, 0.6) is 0 Å². The van der Waals surface area contributed by atoms with Gasteiger partial charge in [0.05, 0.1) is 0 Å². The van der Waals surface area contributed by atoms with E-state index in [0.29, 0.717) is 6.42 Å². The van der Waals surface area contributed by atoms with Crippen molar-refractivity contribution in [3.63, 3.8) is 0 Å². The number of carbonyl (C=O) groups excluding carboxylic acids is 1. The second kappa shape index (κ2) is 13.2. The summed E-state index contributed by atoms with van der Waals surface area (Å²) in [6, 6.07) is 0. The Kier molecular flexibility index (Phi) is 11.7. The second-order valence-corrected chi connectivity index (χ2v) is 3.06. The Hall–Kier alpha value is -1.81. The first-order valence-corrected chi connectivity index (χ1v) is 5.46. The molecule has 0 aromatic heterocycles. The first-order chi connectivity index (χ1) is 7.91. The van der Waals surface area contributed by atoms with Crippen LogP contribution >= 0.6 is 0 Å². The number of hydrogen-bond acceptors (Lipinski definition) is 1. The zero-order chi connectivity index (χ0) is 11.9. The van der Waals surface area contributed by atoms with Gasteiger partial charge < -0.3 is 4.79 Å². The summed E-state index contributed by atoms with van der Waals surface area (Å²) in [4.78, 5) is 10.0. The smallest absolute Gasteiger partial charge is 0.120 e. The minimum absolute atomic E-state index is 0.642. The summed E-state index contributed by atoms with van der Waals surface area (Å²) in [5, 5.41) is 0. The molecule has 0 radical (unpaired) electrons. The highest BCUT2D eigenvalue weighted by molar-refractivity contribution is 5.49. The molecule has 1 heteroatoms. The molecule has 0 amide bonds. The molecule has 0 saturated heterocycles. The maximum atomic E-state index is 10.0. The van der Waals surface area contributed by atoms with Crippen LogP contribution in [-0.4, -0.2) is 6.29 Å². The van der Waals surface area contributed by atoms with Gasteiger partial charge in [0, 0.05) is 6.42 Å². The maximum absolute atomic E-state index is 10.0. The fourth-order valence-corrected chi connectivity index (χ4v) is 0.909. The van der Waals surface area contributed by atoms with Gasteiger partial charge in [0.1, 0.15) is 6.29 Å². The van der Waals surface area contributed by atoms with E-state index >= 15 is 0 Å². The number of allylic oxidation sites excluding steroid dienone is 8. The van der Waals surface area contributed by atoms with Gasteiger partial charge in [0.25, 0.3) is 0 Å². The number of unbranched alkanes of at least 4 members (excludes halogenated alkanes) is 2. The number of carbonyl (C=O) groups is 1. The Labute approximate surface area is 98.3 Å². The molecule has 0 N–H and O–H groups in total. The van der Waals surface area contributed by atoms with Crippen molar-refractivity contribution in [1.29, 1.82) is 0 Å². The van der Waals surface area contributed by atoms with Crippen molar-refractivity contribution in [2.24, 2.45) is 0 Å². The summed E-state index contributed by atoms with van der Waals surface area (Å²) < 4.78 is 0. The summed E-state index contributed by atoms with van der Waals surface area (Å²) in [5.41, 5.74) is 0. The van der Waals surface area contributed by atoms with Gasteiger partial charge in [-0.25, -0.2) is 0 Å². The van der Waals surface area contributed by atoms with Gasteiger partial charge in [0.15, 0.2) is 0 Å². The molecule has 0 spiro atoms. The molecular formula is C15H18O. The Morgan fingerprint density at radius 2 is 1.62 bits per heavy atom. The predicted octanol–water partition coefficient (Wildman–Crippen LogP) is 3.60. The van der Waals surface area contributed by atoms with E-state index in [-0.39, 0.29) is 0 Å². The SMILES string of the molecule is C/C=C/C=C/C#C/C=C/C=C/CCCC=O. The Bertz CT molecular complexity index is 332. The minimum atomic E-state index is 0.642. The molecule has 0 aliphatic heterocycles. The van der Waals surface area contributed by atoms with Crippen LogP contribution in [0, 0.1) is 11.8 Å². The second-order valence-electron chi connectivity index (χ2n) is 3.06. The quantitative estimate of drug-likeness (QED) is 0.286. The monoisotopic (exact) mass is 214 g/mol. The van der Waals surface area contributed by atoms with E-state index in [1.165, 1.54) is 0 Å². The average Bonchev–Trinajstić information content (AvgIpc) is 2.31. The fourth-order valence-electron chi connectivity index (χ4n) is 0.909. The van der Waals surface area contributed by atoms with Gasteiger partial charge in [0.2, 0.25) is 0 Å². The summed E-state index contributed by atoms with van der Waals surface area (Å²) in [6.07, 6.45) is 18.7. The standard InChI is InChI=1S/C15H18O/c1-2-3-4-5-6-7-8-9-10-11-12-13-14-15-16/h2-5,8-11,15H,12-14H2,1H3/b3-2+,5-4+,9-8+,11-10+. The van der Waals surface area contributed by atoms with Gasteiger partial charge in [-0.2, -0.15) is 0 Å². The van der Waals surface area contributed by atoms with Crippen LogP contribution in [0.15, 0.2) is 48.6 Å². The molecule has 0 unspecified atom stereocenters. The first-order valence-electron chi connectivity index (χ1n) is 5.46. The van der Waals surface area contributed by atoms with Gasteiger partial charge in [-0.05, 0) is 31.9 Å². The Morgan fingerprint density at radius 1 is 0.938 bits per heavy atom. The van der Waals surface area contributed by atoms with E-state index in [4.69, 9.17) is 0 Å². The number of rotatable bonds is 6. The maximum Gasteiger partial charge on any atom is 0.120 e. The highest BCUT2D eigenvalue weighted by atomic mass is 16.1. The van der Waals surface area contributed by atoms with E-state index in [1.54, 1.807) is 12.2 Å². The van der Waals surface area contributed by atoms with Crippen LogP contribution in [0.4, 0.5) is 0 Å². The molecule has 1 nitrogen and oxygen atoms in total. The van der Waals surface area contributed by atoms with Gasteiger partial charge in [-0.3, -0.25) is 0 Å². The molecule has 84 valence electrons. The number of hydrogen-bond donors (Lipinski definition) is 0. The zero-order valence-corrected chi connectivity index (χ0v) is 9.73. The Balaban J connectivity index is 3.63. The third-order valence-corrected chi connectivity index (χ3v) is 1.69. The largest absolute Gasteiger partial charge is 0.303 e. The molecule has 16 heavy (non-hydrogen) atoms. The van der Waals surface area contributed by atoms with Crippen molar-refractivity contribution in [2.75, 3.05) is 0 Å². The molecule has 0 heterocycles. The molecule has 0 aromatic carbocycles. The van der Waals surface area contributed by atoms with Crippen LogP contribution in [0.1, 0.15) is 26.2 Å². The molecule has 0 aliphatic rings. The van der Waals surface area contributed by atoms with Crippen LogP contribution < -0.4 is 0 Å². The molecule has 0 aromatic rings.